The highest BCUT2D eigenvalue weighted by atomic mass is 31.2. The van der Waals surface area contributed by atoms with Gasteiger partial charge in [0.25, 0.3) is 0 Å². The maximum Gasteiger partial charge on any atom is 0.410 e. The second kappa shape index (κ2) is 17.9. The number of carboxylic acid groups (broad SMARTS) is 1. The fraction of sp³-hybridized carbons (Fsp3) is 0.654. The number of ether oxygens (including phenoxy) is 1. The van der Waals surface area contributed by atoms with E-state index in [4.69, 9.17) is 13.8 Å². The molecule has 0 saturated heterocycles. The molecule has 1 rings (SSSR count). The molecule has 0 aromatic heterocycles. The van der Waals surface area contributed by atoms with Gasteiger partial charge < -0.3 is 28.7 Å². The van der Waals surface area contributed by atoms with Crippen LogP contribution in [-0.2, 0) is 34.5 Å². The van der Waals surface area contributed by atoms with Gasteiger partial charge >= 0.3 is 19.7 Å². The van der Waals surface area contributed by atoms with Crippen LogP contribution in [0.1, 0.15) is 65.4 Å². The van der Waals surface area contributed by atoms with Crippen LogP contribution in [0.5, 0.6) is 0 Å². The van der Waals surface area contributed by atoms with Crippen LogP contribution in [0.15, 0.2) is 30.3 Å². The average molecular weight is 543 g/mol. The van der Waals surface area contributed by atoms with Gasteiger partial charge in [0.05, 0.1) is 19.4 Å². The van der Waals surface area contributed by atoms with Gasteiger partial charge in [-0.2, -0.15) is 0 Å². The third kappa shape index (κ3) is 12.1. The van der Waals surface area contributed by atoms with Crippen molar-refractivity contribution in [3.05, 3.63) is 35.9 Å². The maximum atomic E-state index is 12.9. The zero-order valence-electron chi connectivity index (χ0n) is 22.6. The number of hydrogen-bond donors (Lipinski definition) is 1. The molecule has 1 aromatic carbocycles. The molecule has 10 nitrogen and oxygen atoms in total. The average Bonchev–Trinajstić information content (AvgIpc) is 2.88. The molecule has 11 heteroatoms. The van der Waals surface area contributed by atoms with E-state index in [1.807, 2.05) is 37.3 Å². The molecule has 0 fully saturated rings. The monoisotopic (exact) mass is 542 g/mol. The Balaban J connectivity index is 2.84. The van der Waals surface area contributed by atoms with Gasteiger partial charge in [0.15, 0.2) is 0 Å². The van der Waals surface area contributed by atoms with E-state index in [0.29, 0.717) is 25.8 Å². The van der Waals surface area contributed by atoms with Crippen molar-refractivity contribution in [2.75, 3.05) is 39.0 Å². The van der Waals surface area contributed by atoms with Crippen LogP contribution < -0.4 is 0 Å². The molecule has 0 aliphatic carbocycles. The quantitative estimate of drug-likeness (QED) is 0.188. The third-order valence-electron chi connectivity index (χ3n) is 5.66. The van der Waals surface area contributed by atoms with Crippen molar-refractivity contribution < 1.29 is 37.8 Å². The van der Waals surface area contributed by atoms with Gasteiger partial charge in [-0.05, 0) is 45.1 Å². The van der Waals surface area contributed by atoms with Crippen LogP contribution in [-0.4, -0.2) is 77.9 Å². The van der Waals surface area contributed by atoms with Crippen molar-refractivity contribution in [3.63, 3.8) is 0 Å². The van der Waals surface area contributed by atoms with Gasteiger partial charge in [0.2, 0.25) is 5.91 Å². The molecule has 0 aliphatic heterocycles. The molecule has 1 aromatic rings. The van der Waals surface area contributed by atoms with Crippen LogP contribution >= 0.6 is 7.60 Å². The lowest BCUT2D eigenvalue weighted by molar-refractivity contribution is -0.150. The Labute approximate surface area is 220 Å². The van der Waals surface area contributed by atoms with Crippen LogP contribution in [0.3, 0.4) is 0 Å². The first-order valence-corrected chi connectivity index (χ1v) is 14.8. The van der Waals surface area contributed by atoms with Crippen molar-refractivity contribution in [1.82, 2.24) is 9.80 Å². The Morgan fingerprint density at radius 2 is 1.59 bits per heavy atom. The molecule has 0 bridgehead atoms. The molecular weight excluding hydrogens is 499 g/mol. The van der Waals surface area contributed by atoms with Gasteiger partial charge in [0.1, 0.15) is 12.6 Å². The van der Waals surface area contributed by atoms with Crippen LogP contribution in [0.2, 0.25) is 0 Å². The van der Waals surface area contributed by atoms with E-state index in [2.05, 4.69) is 0 Å². The molecule has 0 unspecified atom stereocenters. The summed E-state index contributed by atoms with van der Waals surface area (Å²) >= 11 is 0. The topological polar surface area (TPSA) is 123 Å². The zero-order valence-corrected chi connectivity index (χ0v) is 23.5. The van der Waals surface area contributed by atoms with Crippen molar-refractivity contribution in [2.24, 2.45) is 0 Å². The molecule has 1 atom stereocenters. The van der Waals surface area contributed by atoms with E-state index in [1.165, 1.54) is 9.80 Å². The van der Waals surface area contributed by atoms with E-state index >= 15 is 0 Å². The number of benzene rings is 1. The Morgan fingerprint density at radius 3 is 2.14 bits per heavy atom. The van der Waals surface area contributed by atoms with E-state index < -0.39 is 25.7 Å². The van der Waals surface area contributed by atoms with Gasteiger partial charge in [-0.3, -0.25) is 9.36 Å². The predicted molar refractivity (Wildman–Crippen MR) is 141 cm³/mol. The fourth-order valence-electron chi connectivity index (χ4n) is 3.86. The third-order valence-corrected chi connectivity index (χ3v) is 7.71. The van der Waals surface area contributed by atoms with E-state index in [0.717, 1.165) is 5.56 Å². The van der Waals surface area contributed by atoms with Crippen molar-refractivity contribution in [1.29, 1.82) is 0 Å². The Hall–Kier alpha value is -2.42. The van der Waals surface area contributed by atoms with Crippen LogP contribution in [0.4, 0.5) is 4.79 Å². The Bertz CT molecular complexity index is 857. The van der Waals surface area contributed by atoms with Gasteiger partial charge in [-0.15, -0.1) is 0 Å². The minimum Gasteiger partial charge on any atom is -0.480 e. The van der Waals surface area contributed by atoms with Gasteiger partial charge in [-0.1, -0.05) is 44.2 Å². The molecule has 0 spiro atoms. The summed E-state index contributed by atoms with van der Waals surface area (Å²) in [7, 11) is -3.36. The number of hydrogen-bond acceptors (Lipinski definition) is 7. The van der Waals surface area contributed by atoms with Crippen LogP contribution in [0.25, 0.3) is 0 Å². The minimum absolute atomic E-state index is 0.0160. The SMILES string of the molecule is CCCN(C(=O)CC)[C@H](CCCCN(CCP(=O)(OCC)OCC)C(=O)OCc1ccccc1)C(=O)O. The predicted octanol–water partition coefficient (Wildman–Crippen LogP) is 5.16. The highest BCUT2D eigenvalue weighted by molar-refractivity contribution is 7.53. The smallest absolute Gasteiger partial charge is 0.410 e. The van der Waals surface area contributed by atoms with Crippen molar-refractivity contribution in [2.45, 2.75) is 72.4 Å². The summed E-state index contributed by atoms with van der Waals surface area (Å²) in [5, 5.41) is 9.73. The largest absolute Gasteiger partial charge is 0.480 e. The number of carbonyl (C=O) groups is 3. The highest BCUT2D eigenvalue weighted by Gasteiger charge is 2.29. The van der Waals surface area contributed by atoms with Crippen molar-refractivity contribution >= 4 is 25.6 Å². The Kier molecular flexibility index (Phi) is 15.8. The van der Waals surface area contributed by atoms with Gasteiger partial charge in [-0.25, -0.2) is 9.59 Å². The normalized spacial score (nSPS) is 12.1. The number of carboxylic acids is 1. The van der Waals surface area contributed by atoms with E-state index in [1.54, 1.807) is 20.8 Å². The summed E-state index contributed by atoms with van der Waals surface area (Å²) in [5.41, 5.74) is 0.839. The second-order valence-electron chi connectivity index (χ2n) is 8.49. The van der Waals surface area contributed by atoms with Crippen LogP contribution in [0, 0.1) is 0 Å². The summed E-state index contributed by atoms with van der Waals surface area (Å²) in [4.78, 5) is 40.0. The first kappa shape index (κ1) is 32.6. The summed E-state index contributed by atoms with van der Waals surface area (Å²) in [6, 6.07) is 8.36. The summed E-state index contributed by atoms with van der Waals surface area (Å²) < 4.78 is 29.1. The second-order valence-corrected chi connectivity index (χ2v) is 10.7. The minimum atomic E-state index is -3.36. The molecular formula is C26H43N2O8P. The van der Waals surface area contributed by atoms with E-state index in [9.17, 15) is 24.1 Å². The number of carbonyl (C=O) groups excluding carboxylic acids is 2. The molecule has 37 heavy (non-hydrogen) atoms. The molecule has 1 N–H and O–H groups in total. The zero-order chi connectivity index (χ0) is 27.7. The number of amides is 2. The molecule has 0 aliphatic rings. The summed E-state index contributed by atoms with van der Waals surface area (Å²) in [5.74, 6) is -1.23. The summed E-state index contributed by atoms with van der Waals surface area (Å²) in [6.07, 6.45) is 1.59. The van der Waals surface area contributed by atoms with E-state index in [-0.39, 0.29) is 57.8 Å². The first-order valence-electron chi connectivity index (χ1n) is 13.1. The summed E-state index contributed by atoms with van der Waals surface area (Å²) in [6.45, 7) is 8.35. The highest BCUT2D eigenvalue weighted by Crippen LogP contribution is 2.47. The number of unbranched alkanes of at least 4 members (excludes halogenated alkanes) is 1. The Morgan fingerprint density at radius 1 is 0.946 bits per heavy atom. The lowest BCUT2D eigenvalue weighted by Gasteiger charge is -2.29. The van der Waals surface area contributed by atoms with Crippen molar-refractivity contribution in [3.8, 4) is 0 Å². The molecule has 0 saturated carbocycles. The maximum absolute atomic E-state index is 12.9. The lowest BCUT2D eigenvalue weighted by atomic mass is 10.1. The fourth-order valence-corrected chi connectivity index (χ4v) is 5.47. The standard InChI is InChI=1S/C26H43N2O8P/c1-5-17-28(24(29)6-2)23(25(30)31)16-12-13-18-27(19-20-37(33,35-7-3)36-8-4)26(32)34-21-22-14-10-9-11-15-22/h9-11,14-15,23H,5-8,12-13,16-21H2,1-4H3,(H,30,31)/t23-/m1/s1. The molecule has 210 valence electrons. The molecule has 2 amide bonds. The number of rotatable bonds is 19. The number of nitrogens with zero attached hydrogens (tertiary/aromatic N) is 2. The first-order chi connectivity index (χ1) is 17.7. The molecule has 0 heterocycles. The van der Waals surface area contributed by atoms with Gasteiger partial charge in [0, 0.05) is 26.1 Å². The lowest BCUT2D eigenvalue weighted by Crippen LogP contribution is -2.45. The molecule has 0 radical (unpaired) electrons. The number of aliphatic carboxylic acids is 1.